The van der Waals surface area contributed by atoms with Gasteiger partial charge in [-0.25, -0.2) is 4.79 Å². The van der Waals surface area contributed by atoms with Gasteiger partial charge in [0.05, 0.1) is 24.6 Å². The largest absolute Gasteiger partial charge is 0.497 e. The number of benzene rings is 2. The quantitative estimate of drug-likeness (QED) is 0.833. The number of carboxylic acids is 1. The van der Waals surface area contributed by atoms with E-state index in [0.717, 1.165) is 37.0 Å². The lowest BCUT2D eigenvalue weighted by Gasteiger charge is -2.31. The maximum atomic E-state index is 12.7. The Bertz CT molecular complexity index is 792. The molecule has 0 aromatic heterocycles. The molecule has 5 heteroatoms. The Morgan fingerprint density at radius 2 is 1.81 bits per heavy atom. The molecule has 1 amide bonds. The Morgan fingerprint density at radius 3 is 2.42 bits per heavy atom. The van der Waals surface area contributed by atoms with Crippen LogP contribution in [0.3, 0.4) is 0 Å². The molecule has 2 N–H and O–H groups in total. The maximum Gasteiger partial charge on any atom is 0.335 e. The van der Waals surface area contributed by atoms with Crippen molar-refractivity contribution >= 4 is 11.9 Å². The highest BCUT2D eigenvalue weighted by Crippen LogP contribution is 2.39. The number of ether oxygens (including phenoxy) is 1. The average Bonchev–Trinajstić information content (AvgIpc) is 3.11. The molecule has 0 bridgehead atoms. The molecule has 2 aromatic rings. The summed E-state index contributed by atoms with van der Waals surface area (Å²) in [5.74, 6) is -0.290. The third-order valence-electron chi connectivity index (χ3n) is 5.02. The smallest absolute Gasteiger partial charge is 0.335 e. The van der Waals surface area contributed by atoms with Crippen LogP contribution in [-0.2, 0) is 16.8 Å². The molecule has 0 heterocycles. The first-order valence-electron chi connectivity index (χ1n) is 8.80. The Hall–Kier alpha value is -2.82. The molecule has 0 saturated heterocycles. The van der Waals surface area contributed by atoms with Crippen LogP contribution in [0.2, 0.25) is 0 Å². The number of carboxylic acid groups (broad SMARTS) is 1. The molecule has 1 saturated carbocycles. The monoisotopic (exact) mass is 353 g/mol. The Balaban J connectivity index is 1.76. The minimum absolute atomic E-state index is 0.0924. The third-order valence-corrected chi connectivity index (χ3v) is 5.02. The Kier molecular flexibility index (Phi) is 5.26. The van der Waals surface area contributed by atoms with Crippen LogP contribution in [0.1, 0.15) is 47.2 Å². The second kappa shape index (κ2) is 7.60. The number of nitrogens with one attached hydrogen (secondary N) is 1. The second-order valence-electron chi connectivity index (χ2n) is 6.75. The van der Waals surface area contributed by atoms with Gasteiger partial charge in [0.2, 0.25) is 5.91 Å². The van der Waals surface area contributed by atoms with Crippen molar-refractivity contribution < 1.29 is 19.4 Å². The van der Waals surface area contributed by atoms with Gasteiger partial charge in [0.1, 0.15) is 5.75 Å². The fourth-order valence-corrected chi connectivity index (χ4v) is 3.69. The van der Waals surface area contributed by atoms with Gasteiger partial charge in [0.15, 0.2) is 0 Å². The summed E-state index contributed by atoms with van der Waals surface area (Å²) in [5.41, 5.74) is 1.63. The standard InChI is InChI=1S/C21H23NO4/c1-26-18-9-7-17(8-10-18)21(11-2-3-12-21)22-19(23)14-15-5-4-6-16(13-15)20(24)25/h4-10,13H,2-3,11-12,14H2,1H3,(H,22,23)(H,24,25). The summed E-state index contributed by atoms with van der Waals surface area (Å²) in [6, 6.07) is 14.4. The van der Waals surface area contributed by atoms with Crippen LogP contribution in [-0.4, -0.2) is 24.1 Å². The van der Waals surface area contributed by atoms with Gasteiger partial charge in [-0.15, -0.1) is 0 Å². The third kappa shape index (κ3) is 3.87. The lowest BCUT2D eigenvalue weighted by atomic mass is 9.87. The minimum atomic E-state index is -0.988. The van der Waals surface area contributed by atoms with Gasteiger partial charge < -0.3 is 15.2 Å². The fraction of sp³-hybridized carbons (Fsp3) is 0.333. The van der Waals surface area contributed by atoms with E-state index in [-0.39, 0.29) is 23.4 Å². The SMILES string of the molecule is COc1ccc(C2(NC(=O)Cc3cccc(C(=O)O)c3)CCCC2)cc1. The molecule has 26 heavy (non-hydrogen) atoms. The zero-order valence-electron chi connectivity index (χ0n) is 14.8. The minimum Gasteiger partial charge on any atom is -0.497 e. The molecule has 0 radical (unpaired) electrons. The lowest BCUT2D eigenvalue weighted by molar-refractivity contribution is -0.122. The number of rotatable bonds is 6. The van der Waals surface area contributed by atoms with Crippen molar-refractivity contribution in [2.24, 2.45) is 0 Å². The topological polar surface area (TPSA) is 75.6 Å². The predicted octanol–water partition coefficient (Wildman–Crippen LogP) is 3.52. The molecule has 136 valence electrons. The molecular formula is C21H23NO4. The zero-order chi connectivity index (χ0) is 18.6. The van der Waals surface area contributed by atoms with Crippen molar-refractivity contribution in [1.29, 1.82) is 0 Å². The van der Waals surface area contributed by atoms with E-state index >= 15 is 0 Å². The summed E-state index contributed by atoms with van der Waals surface area (Å²) in [6.45, 7) is 0. The first kappa shape index (κ1) is 18.0. The summed E-state index contributed by atoms with van der Waals surface area (Å²) in [4.78, 5) is 23.8. The van der Waals surface area contributed by atoms with Crippen molar-refractivity contribution in [3.8, 4) is 5.75 Å². The van der Waals surface area contributed by atoms with Crippen LogP contribution < -0.4 is 10.1 Å². The lowest BCUT2D eigenvalue weighted by Crippen LogP contribution is -2.44. The molecule has 1 aliphatic rings. The number of methoxy groups -OCH3 is 1. The van der Waals surface area contributed by atoms with Gasteiger partial charge in [-0.2, -0.15) is 0 Å². The number of hydrogen-bond donors (Lipinski definition) is 2. The van der Waals surface area contributed by atoms with Gasteiger partial charge in [-0.3, -0.25) is 4.79 Å². The summed E-state index contributed by atoms with van der Waals surface area (Å²) < 4.78 is 5.22. The van der Waals surface area contributed by atoms with E-state index in [9.17, 15) is 9.59 Å². The normalized spacial score (nSPS) is 15.4. The van der Waals surface area contributed by atoms with Crippen LogP contribution in [0, 0.1) is 0 Å². The summed E-state index contributed by atoms with van der Waals surface area (Å²) in [6.07, 6.45) is 4.11. The average molecular weight is 353 g/mol. The van der Waals surface area contributed by atoms with Crippen molar-refractivity contribution in [2.75, 3.05) is 7.11 Å². The number of carbonyl (C=O) groups is 2. The summed E-state index contributed by atoms with van der Waals surface area (Å²) in [5, 5.41) is 12.3. The Labute approximate surface area is 153 Å². The second-order valence-corrected chi connectivity index (χ2v) is 6.75. The molecule has 0 aliphatic heterocycles. The summed E-state index contributed by atoms with van der Waals surface area (Å²) in [7, 11) is 1.63. The van der Waals surface area contributed by atoms with Gasteiger partial charge in [0, 0.05) is 0 Å². The van der Waals surface area contributed by atoms with Crippen LogP contribution in [0.4, 0.5) is 0 Å². The molecule has 2 aromatic carbocycles. The molecule has 1 fully saturated rings. The van der Waals surface area contributed by atoms with E-state index in [1.807, 2.05) is 24.3 Å². The molecular weight excluding hydrogens is 330 g/mol. The first-order chi connectivity index (χ1) is 12.5. The predicted molar refractivity (Wildman–Crippen MR) is 98.4 cm³/mol. The number of carbonyl (C=O) groups excluding carboxylic acids is 1. The molecule has 1 aliphatic carbocycles. The van der Waals surface area contributed by atoms with Gasteiger partial charge in [0.25, 0.3) is 0 Å². The number of aromatic carboxylic acids is 1. The molecule has 0 atom stereocenters. The maximum absolute atomic E-state index is 12.7. The highest BCUT2D eigenvalue weighted by Gasteiger charge is 2.36. The molecule has 0 unspecified atom stereocenters. The van der Waals surface area contributed by atoms with Crippen molar-refractivity contribution in [3.63, 3.8) is 0 Å². The molecule has 0 spiro atoms. The van der Waals surface area contributed by atoms with E-state index in [0.29, 0.717) is 5.56 Å². The molecule has 3 rings (SSSR count). The van der Waals surface area contributed by atoms with Crippen LogP contribution in [0.15, 0.2) is 48.5 Å². The fourth-order valence-electron chi connectivity index (χ4n) is 3.69. The zero-order valence-corrected chi connectivity index (χ0v) is 14.8. The highest BCUT2D eigenvalue weighted by molar-refractivity contribution is 5.88. The van der Waals surface area contributed by atoms with Crippen molar-refractivity contribution in [2.45, 2.75) is 37.6 Å². The Morgan fingerprint density at radius 1 is 1.12 bits per heavy atom. The van der Waals surface area contributed by atoms with Gasteiger partial charge in [-0.05, 0) is 48.2 Å². The van der Waals surface area contributed by atoms with Crippen molar-refractivity contribution in [3.05, 3.63) is 65.2 Å². The van der Waals surface area contributed by atoms with Crippen LogP contribution in [0.5, 0.6) is 5.75 Å². The first-order valence-corrected chi connectivity index (χ1v) is 8.80. The van der Waals surface area contributed by atoms with Gasteiger partial charge in [-0.1, -0.05) is 37.1 Å². The van der Waals surface area contributed by atoms with E-state index in [1.165, 1.54) is 6.07 Å². The van der Waals surface area contributed by atoms with E-state index < -0.39 is 5.97 Å². The summed E-state index contributed by atoms with van der Waals surface area (Å²) >= 11 is 0. The number of hydrogen-bond acceptors (Lipinski definition) is 3. The van der Waals surface area contributed by atoms with Crippen molar-refractivity contribution in [1.82, 2.24) is 5.32 Å². The van der Waals surface area contributed by atoms with E-state index in [1.54, 1.807) is 25.3 Å². The van der Waals surface area contributed by atoms with E-state index in [2.05, 4.69) is 5.32 Å². The van der Waals surface area contributed by atoms with Crippen LogP contribution >= 0.6 is 0 Å². The van der Waals surface area contributed by atoms with Crippen LogP contribution in [0.25, 0.3) is 0 Å². The molecule has 5 nitrogen and oxygen atoms in total. The van der Waals surface area contributed by atoms with E-state index in [4.69, 9.17) is 9.84 Å². The van der Waals surface area contributed by atoms with Gasteiger partial charge >= 0.3 is 5.97 Å². The number of amides is 1. The highest BCUT2D eigenvalue weighted by atomic mass is 16.5.